The zero-order valence-electron chi connectivity index (χ0n) is 13.7. The number of para-hydroxylation sites is 2. The number of aromatic nitrogens is 2. The van der Waals surface area contributed by atoms with E-state index in [1.807, 2.05) is 17.9 Å². The van der Waals surface area contributed by atoms with Crippen LogP contribution < -0.4 is 0 Å². The van der Waals surface area contributed by atoms with Crippen molar-refractivity contribution in [2.75, 3.05) is 6.61 Å². The summed E-state index contributed by atoms with van der Waals surface area (Å²) in [5.74, 6) is 1.07. The Morgan fingerprint density at radius 1 is 1.22 bits per heavy atom. The maximum absolute atomic E-state index is 12.2. The predicted molar refractivity (Wildman–Crippen MR) is 88.4 cm³/mol. The van der Waals surface area contributed by atoms with Crippen molar-refractivity contribution in [3.05, 3.63) is 30.1 Å². The van der Waals surface area contributed by atoms with Crippen molar-refractivity contribution < 1.29 is 9.53 Å². The van der Waals surface area contributed by atoms with Crippen LogP contribution in [-0.4, -0.2) is 39.2 Å². The molecule has 4 rings (SSSR count). The fourth-order valence-corrected chi connectivity index (χ4v) is 4.48. The number of benzene rings is 1. The second kappa shape index (κ2) is 5.55. The Bertz CT molecular complexity index is 725. The molecular formula is C18H23N3O2. The molecule has 23 heavy (non-hydrogen) atoms. The lowest BCUT2D eigenvalue weighted by atomic mass is 9.97. The number of carbonyl (C=O) groups is 1. The van der Waals surface area contributed by atoms with Crippen molar-refractivity contribution in [3.63, 3.8) is 0 Å². The number of rotatable bonds is 2. The van der Waals surface area contributed by atoms with Gasteiger partial charge in [-0.15, -0.1) is 0 Å². The van der Waals surface area contributed by atoms with E-state index >= 15 is 0 Å². The van der Waals surface area contributed by atoms with Gasteiger partial charge in [-0.2, -0.15) is 0 Å². The van der Waals surface area contributed by atoms with Crippen LogP contribution in [0.1, 0.15) is 44.5 Å². The first kappa shape index (κ1) is 14.5. The molecule has 0 saturated carbocycles. The highest BCUT2D eigenvalue weighted by molar-refractivity contribution is 5.76. The first-order valence-electron chi connectivity index (χ1n) is 8.57. The number of ether oxygens (including phenoxy) is 1. The number of hydrogen-bond acceptors (Lipinski definition) is 3. The summed E-state index contributed by atoms with van der Waals surface area (Å²) in [7, 11) is 0. The van der Waals surface area contributed by atoms with Crippen LogP contribution in [0.25, 0.3) is 11.0 Å². The minimum atomic E-state index is -0.134. The van der Waals surface area contributed by atoms with Crippen LogP contribution in [0.4, 0.5) is 4.79 Å². The van der Waals surface area contributed by atoms with Gasteiger partial charge in [0.05, 0.1) is 17.6 Å². The molecule has 0 aliphatic carbocycles. The lowest BCUT2D eigenvalue weighted by molar-refractivity contribution is 0.0623. The van der Waals surface area contributed by atoms with E-state index in [1.54, 1.807) is 0 Å². The molecule has 3 atom stereocenters. The molecule has 2 aliphatic rings. The molecule has 1 aromatic heterocycles. The number of aryl methyl sites for hydroxylation is 1. The molecule has 2 bridgehead atoms. The Morgan fingerprint density at radius 2 is 1.91 bits per heavy atom. The molecule has 0 N–H and O–H groups in total. The van der Waals surface area contributed by atoms with Crippen LogP contribution in [0.3, 0.4) is 0 Å². The van der Waals surface area contributed by atoms with Gasteiger partial charge in [-0.3, -0.25) is 0 Å². The van der Waals surface area contributed by atoms with Gasteiger partial charge >= 0.3 is 6.09 Å². The summed E-state index contributed by atoms with van der Waals surface area (Å²) in [5.41, 5.74) is 2.27. The normalized spacial score (nSPS) is 26.7. The van der Waals surface area contributed by atoms with Gasteiger partial charge in [0.1, 0.15) is 5.82 Å². The van der Waals surface area contributed by atoms with E-state index < -0.39 is 0 Å². The van der Waals surface area contributed by atoms with Crippen LogP contribution in [0.2, 0.25) is 0 Å². The fraction of sp³-hybridized carbons (Fsp3) is 0.556. The lowest BCUT2D eigenvalue weighted by Gasteiger charge is -2.39. The molecule has 2 aliphatic heterocycles. The molecule has 0 radical (unpaired) electrons. The highest BCUT2D eigenvalue weighted by atomic mass is 16.6. The summed E-state index contributed by atoms with van der Waals surface area (Å²) in [4.78, 5) is 18.9. The minimum Gasteiger partial charge on any atom is -0.450 e. The Morgan fingerprint density at radius 3 is 2.61 bits per heavy atom. The SMILES string of the molecule is CCOC(=O)N1[C@@H]2CC[C@H]1CC(n1c(C)nc3ccccc31)C2. The highest BCUT2D eigenvalue weighted by Gasteiger charge is 2.44. The molecule has 1 unspecified atom stereocenters. The molecule has 0 spiro atoms. The second-order valence-electron chi connectivity index (χ2n) is 6.63. The summed E-state index contributed by atoms with van der Waals surface area (Å²) in [6.07, 6.45) is 4.04. The second-order valence-corrected chi connectivity index (χ2v) is 6.63. The molecule has 2 saturated heterocycles. The third kappa shape index (κ3) is 2.30. The van der Waals surface area contributed by atoms with E-state index in [9.17, 15) is 4.79 Å². The quantitative estimate of drug-likeness (QED) is 0.850. The first-order chi connectivity index (χ1) is 11.2. The van der Waals surface area contributed by atoms with Crippen LogP contribution in [-0.2, 0) is 4.74 Å². The van der Waals surface area contributed by atoms with Crippen LogP contribution >= 0.6 is 0 Å². The molecule has 1 aromatic carbocycles. The average molecular weight is 313 g/mol. The molecule has 1 amide bonds. The molecule has 2 fully saturated rings. The first-order valence-corrected chi connectivity index (χ1v) is 8.57. The number of carbonyl (C=O) groups excluding carboxylic acids is 1. The van der Waals surface area contributed by atoms with Crippen LogP contribution in [0.15, 0.2) is 24.3 Å². The monoisotopic (exact) mass is 313 g/mol. The number of piperidine rings is 1. The Hall–Kier alpha value is -2.04. The molecule has 122 valence electrons. The zero-order valence-corrected chi connectivity index (χ0v) is 13.7. The van der Waals surface area contributed by atoms with E-state index in [4.69, 9.17) is 9.72 Å². The van der Waals surface area contributed by atoms with Gasteiger partial charge < -0.3 is 14.2 Å². The Labute approximate surface area is 136 Å². The lowest BCUT2D eigenvalue weighted by Crippen LogP contribution is -2.47. The van der Waals surface area contributed by atoms with Crippen molar-refractivity contribution in [1.29, 1.82) is 0 Å². The number of hydrogen-bond donors (Lipinski definition) is 0. The summed E-state index contributed by atoms with van der Waals surface area (Å²) >= 11 is 0. The summed E-state index contributed by atoms with van der Waals surface area (Å²) in [6, 6.07) is 9.35. The maximum Gasteiger partial charge on any atom is 0.410 e. The van der Waals surface area contributed by atoms with E-state index in [-0.39, 0.29) is 6.09 Å². The highest BCUT2D eigenvalue weighted by Crippen LogP contribution is 2.42. The zero-order chi connectivity index (χ0) is 16.0. The number of imidazole rings is 1. The number of fused-ring (bicyclic) bond motifs is 3. The fourth-order valence-electron chi connectivity index (χ4n) is 4.48. The van der Waals surface area contributed by atoms with Gasteiger partial charge in [-0.1, -0.05) is 12.1 Å². The summed E-state index contributed by atoms with van der Waals surface area (Å²) < 4.78 is 7.63. The average Bonchev–Trinajstić information content (AvgIpc) is 3.01. The molecule has 2 aromatic rings. The molecule has 5 heteroatoms. The number of nitrogens with zero attached hydrogens (tertiary/aromatic N) is 3. The summed E-state index contributed by atoms with van der Waals surface area (Å²) in [6.45, 7) is 4.40. The van der Waals surface area contributed by atoms with E-state index in [0.29, 0.717) is 24.7 Å². The smallest absolute Gasteiger partial charge is 0.410 e. The van der Waals surface area contributed by atoms with Gasteiger partial charge in [0.25, 0.3) is 0 Å². The third-order valence-electron chi connectivity index (χ3n) is 5.32. The Kier molecular flexibility index (Phi) is 3.51. The van der Waals surface area contributed by atoms with E-state index in [0.717, 1.165) is 37.0 Å². The van der Waals surface area contributed by atoms with E-state index in [2.05, 4.69) is 29.7 Å². The molecular weight excluding hydrogens is 290 g/mol. The van der Waals surface area contributed by atoms with Gasteiger partial charge in [-0.05, 0) is 51.7 Å². The van der Waals surface area contributed by atoms with Crippen molar-refractivity contribution in [2.45, 2.75) is 57.7 Å². The van der Waals surface area contributed by atoms with Gasteiger partial charge in [0, 0.05) is 18.1 Å². The van der Waals surface area contributed by atoms with Crippen molar-refractivity contribution in [1.82, 2.24) is 14.5 Å². The standard InChI is InChI=1S/C18H23N3O2/c1-3-23-18(22)21-13-8-9-14(21)11-15(10-13)20-12(2)19-16-6-4-5-7-17(16)20/h4-7,13-15H,3,8-11H2,1-2H3/t13-,14+,15?. The predicted octanol–water partition coefficient (Wildman–Crippen LogP) is 3.67. The van der Waals surface area contributed by atoms with Crippen molar-refractivity contribution >= 4 is 17.1 Å². The van der Waals surface area contributed by atoms with Gasteiger partial charge in [0.2, 0.25) is 0 Å². The minimum absolute atomic E-state index is 0.134. The van der Waals surface area contributed by atoms with E-state index in [1.165, 1.54) is 5.52 Å². The van der Waals surface area contributed by atoms with Crippen LogP contribution in [0.5, 0.6) is 0 Å². The van der Waals surface area contributed by atoms with Crippen LogP contribution in [0, 0.1) is 6.92 Å². The number of amides is 1. The van der Waals surface area contributed by atoms with Crippen molar-refractivity contribution in [2.24, 2.45) is 0 Å². The third-order valence-corrected chi connectivity index (χ3v) is 5.32. The summed E-state index contributed by atoms with van der Waals surface area (Å²) in [5, 5.41) is 0. The van der Waals surface area contributed by atoms with Gasteiger partial charge in [-0.25, -0.2) is 9.78 Å². The molecule has 5 nitrogen and oxygen atoms in total. The van der Waals surface area contributed by atoms with Crippen molar-refractivity contribution in [3.8, 4) is 0 Å². The Balaban J connectivity index is 1.63. The maximum atomic E-state index is 12.2. The topological polar surface area (TPSA) is 47.4 Å². The molecule has 3 heterocycles. The van der Waals surface area contributed by atoms with Gasteiger partial charge in [0.15, 0.2) is 0 Å². The largest absolute Gasteiger partial charge is 0.450 e.